The smallest absolute Gasteiger partial charge is 0.268 e. The molecule has 74 heavy (non-hydrogen) atoms. The molecule has 1 amide bonds. The Hall–Kier alpha value is -2.58. The Morgan fingerprint density at radius 3 is 1.26 bits per heavy atom. The average Bonchev–Trinajstić information content (AvgIpc) is 3.36. The number of hydrogen-bond donors (Lipinski definition) is 2. The fourth-order valence-corrected chi connectivity index (χ4v) is 9.25. The number of hydrogen-bond acceptors (Lipinski definition) is 6. The number of nitrogens with zero attached hydrogens (tertiary/aromatic N) is 1. The first-order chi connectivity index (χ1) is 36.0. The molecular formula is C65H117N2O6P. The van der Waals surface area contributed by atoms with Gasteiger partial charge in [-0.1, -0.05) is 265 Å². The minimum absolute atomic E-state index is 0.00845. The summed E-state index contributed by atoms with van der Waals surface area (Å²) in [5.41, 5.74) is 0. The first-order valence-electron chi connectivity index (χ1n) is 30.6. The lowest BCUT2D eigenvalue weighted by atomic mass is 10.0. The van der Waals surface area contributed by atoms with Gasteiger partial charge in [-0.2, -0.15) is 0 Å². The van der Waals surface area contributed by atoms with Gasteiger partial charge < -0.3 is 28.8 Å². The fraction of sp³-hybridized carbons (Fsp3) is 0.738. The number of nitrogens with one attached hydrogen (secondary N) is 1. The second kappa shape index (κ2) is 55.2. The van der Waals surface area contributed by atoms with E-state index in [1.165, 1.54) is 161 Å². The highest BCUT2D eigenvalue weighted by atomic mass is 31.2. The molecule has 3 atom stereocenters. The molecule has 428 valence electrons. The zero-order valence-corrected chi connectivity index (χ0v) is 49.7. The van der Waals surface area contributed by atoms with Gasteiger partial charge in [0, 0.05) is 6.42 Å². The quantitative estimate of drug-likeness (QED) is 0.0272. The fourth-order valence-electron chi connectivity index (χ4n) is 8.53. The van der Waals surface area contributed by atoms with Crippen LogP contribution in [0.2, 0.25) is 0 Å². The summed E-state index contributed by atoms with van der Waals surface area (Å²) in [7, 11) is 1.24. The summed E-state index contributed by atoms with van der Waals surface area (Å²) in [5, 5.41) is 13.8. The predicted molar refractivity (Wildman–Crippen MR) is 320 cm³/mol. The predicted octanol–water partition coefficient (Wildman–Crippen LogP) is 18.4. The molecule has 0 aromatic rings. The van der Waals surface area contributed by atoms with Crippen molar-refractivity contribution in [2.24, 2.45) is 0 Å². The molecule has 0 rings (SSSR count). The second-order valence-corrected chi connectivity index (χ2v) is 23.1. The van der Waals surface area contributed by atoms with Gasteiger partial charge in [-0.25, -0.2) is 0 Å². The van der Waals surface area contributed by atoms with Crippen LogP contribution in [0.4, 0.5) is 0 Å². The van der Waals surface area contributed by atoms with E-state index in [-0.39, 0.29) is 12.5 Å². The molecule has 0 fully saturated rings. The Labute approximate surface area is 458 Å². The Balaban J connectivity index is 4.03. The van der Waals surface area contributed by atoms with E-state index in [9.17, 15) is 19.4 Å². The van der Waals surface area contributed by atoms with Crippen LogP contribution in [0.3, 0.4) is 0 Å². The van der Waals surface area contributed by atoms with Crippen molar-refractivity contribution in [1.29, 1.82) is 0 Å². The van der Waals surface area contributed by atoms with E-state index in [0.717, 1.165) is 77.0 Å². The largest absolute Gasteiger partial charge is 0.756 e. The van der Waals surface area contributed by atoms with Gasteiger partial charge in [0.15, 0.2) is 0 Å². The van der Waals surface area contributed by atoms with Gasteiger partial charge in [-0.15, -0.1) is 0 Å². The third-order valence-electron chi connectivity index (χ3n) is 13.3. The zero-order chi connectivity index (χ0) is 54.2. The number of allylic oxidation sites excluding steroid dienone is 15. The van der Waals surface area contributed by atoms with Crippen molar-refractivity contribution in [3.05, 3.63) is 97.2 Å². The molecule has 0 aliphatic heterocycles. The highest BCUT2D eigenvalue weighted by Crippen LogP contribution is 2.38. The van der Waals surface area contributed by atoms with Crippen LogP contribution in [0.5, 0.6) is 0 Å². The van der Waals surface area contributed by atoms with Crippen molar-refractivity contribution >= 4 is 13.7 Å². The van der Waals surface area contributed by atoms with Gasteiger partial charge in [-0.05, 0) is 83.5 Å². The standard InChI is InChI=1S/C65H117N2O6P/c1-6-8-10-12-14-16-18-20-22-23-24-25-26-27-28-29-30-31-32-33-34-35-36-37-38-39-40-41-42-43-45-47-49-51-53-55-57-59-65(69)66-63(62-73-74(70,71)72-61-60-67(3,4)5)64(68)58-56-54-52-50-48-46-44-21-19-17-15-13-11-9-7-2/h8,10,14,16,20,22,24-25,27-28,30-31,48,50,56,58,63-64,68H,6-7,9,11-13,15,17-19,21,23,26,29,32-47,49,51-55,57,59-62H2,1-5H3,(H-,66,69,70,71)/b10-8-,16-14-,22-20-,25-24-,28-27-,31-30-,50-48+,58-56+. The SMILES string of the molecule is CC/C=C\C/C=C\C/C=C\C/C=C\C/C=C\C/C=C\CCCCCCCCCCCCCCCCCCCCC(=O)NC(COP(=O)([O-])OCC[N+](C)(C)C)C(O)/C=C/CC/C=C/CCCCCCCCCCC. The van der Waals surface area contributed by atoms with E-state index >= 15 is 0 Å². The normalized spacial score (nSPS) is 14.5. The molecule has 2 N–H and O–H groups in total. The number of unbranched alkanes of at least 4 members (excludes halogenated alkanes) is 28. The summed E-state index contributed by atoms with van der Waals surface area (Å²) >= 11 is 0. The number of phosphoric ester groups is 1. The first-order valence-corrected chi connectivity index (χ1v) is 32.1. The van der Waals surface area contributed by atoms with E-state index in [0.29, 0.717) is 17.4 Å². The lowest BCUT2D eigenvalue weighted by molar-refractivity contribution is -0.870. The molecule has 0 aliphatic rings. The molecular weight excluding hydrogens is 936 g/mol. The van der Waals surface area contributed by atoms with Crippen LogP contribution < -0.4 is 10.2 Å². The monoisotopic (exact) mass is 1050 g/mol. The lowest BCUT2D eigenvalue weighted by Crippen LogP contribution is -2.45. The van der Waals surface area contributed by atoms with E-state index in [1.54, 1.807) is 6.08 Å². The van der Waals surface area contributed by atoms with Crippen molar-refractivity contribution in [2.75, 3.05) is 40.9 Å². The number of carbonyl (C=O) groups excluding carboxylic acids is 1. The topological polar surface area (TPSA) is 108 Å². The maximum Gasteiger partial charge on any atom is 0.268 e. The van der Waals surface area contributed by atoms with Crippen LogP contribution in [0, 0.1) is 0 Å². The van der Waals surface area contributed by atoms with Crippen LogP contribution in [-0.4, -0.2) is 68.5 Å². The molecule has 0 saturated heterocycles. The van der Waals surface area contributed by atoms with E-state index in [1.807, 2.05) is 27.2 Å². The van der Waals surface area contributed by atoms with Gasteiger partial charge in [0.2, 0.25) is 5.91 Å². The molecule has 0 aromatic heterocycles. The van der Waals surface area contributed by atoms with Crippen molar-refractivity contribution in [1.82, 2.24) is 5.32 Å². The number of rotatable bonds is 55. The third-order valence-corrected chi connectivity index (χ3v) is 14.2. The number of likely N-dealkylation sites (N-methyl/N-ethyl adjacent to an activating group) is 1. The number of carbonyl (C=O) groups is 1. The first kappa shape index (κ1) is 71.4. The molecule has 0 aromatic carbocycles. The van der Waals surface area contributed by atoms with Crippen LogP contribution in [0.15, 0.2) is 97.2 Å². The van der Waals surface area contributed by atoms with Gasteiger partial charge >= 0.3 is 0 Å². The van der Waals surface area contributed by atoms with Crippen LogP contribution >= 0.6 is 7.82 Å². The molecule has 0 aliphatic carbocycles. The lowest BCUT2D eigenvalue weighted by Gasteiger charge is -2.29. The van der Waals surface area contributed by atoms with E-state index in [2.05, 4.69) is 104 Å². The number of amides is 1. The number of aliphatic hydroxyl groups is 1. The summed E-state index contributed by atoms with van der Waals surface area (Å²) in [6, 6.07) is -0.906. The highest BCUT2D eigenvalue weighted by molar-refractivity contribution is 7.45. The summed E-state index contributed by atoms with van der Waals surface area (Å²) in [6.07, 6.45) is 79.3. The Kier molecular flexibility index (Phi) is 53.3. The number of quaternary nitrogens is 1. The van der Waals surface area contributed by atoms with Crippen LogP contribution in [0.1, 0.15) is 258 Å². The maximum absolute atomic E-state index is 13.0. The van der Waals surface area contributed by atoms with Crippen molar-refractivity contribution in [2.45, 2.75) is 270 Å². The minimum Gasteiger partial charge on any atom is -0.756 e. The number of phosphoric acid groups is 1. The summed E-state index contributed by atoms with van der Waals surface area (Å²) in [4.78, 5) is 25.5. The second-order valence-electron chi connectivity index (χ2n) is 21.7. The zero-order valence-electron chi connectivity index (χ0n) is 48.8. The molecule has 0 radical (unpaired) electrons. The van der Waals surface area contributed by atoms with Gasteiger partial charge in [0.1, 0.15) is 13.2 Å². The molecule has 0 heterocycles. The molecule has 3 unspecified atom stereocenters. The summed E-state index contributed by atoms with van der Waals surface area (Å²) < 4.78 is 23.3. The Morgan fingerprint density at radius 1 is 0.486 bits per heavy atom. The molecule has 0 saturated carbocycles. The maximum atomic E-state index is 13.0. The third kappa shape index (κ3) is 57.1. The van der Waals surface area contributed by atoms with Crippen LogP contribution in [-0.2, 0) is 18.4 Å². The van der Waals surface area contributed by atoms with Gasteiger partial charge in [-0.3, -0.25) is 9.36 Å². The molecule has 0 bridgehead atoms. The van der Waals surface area contributed by atoms with Crippen molar-refractivity contribution < 1.29 is 32.9 Å². The van der Waals surface area contributed by atoms with E-state index in [4.69, 9.17) is 9.05 Å². The summed E-state index contributed by atoms with van der Waals surface area (Å²) in [6.45, 7) is 4.51. The van der Waals surface area contributed by atoms with Gasteiger partial charge in [0.25, 0.3) is 7.82 Å². The van der Waals surface area contributed by atoms with Gasteiger partial charge in [0.05, 0.1) is 39.9 Å². The minimum atomic E-state index is -4.61. The van der Waals surface area contributed by atoms with Crippen molar-refractivity contribution in [3.63, 3.8) is 0 Å². The Morgan fingerprint density at radius 2 is 0.838 bits per heavy atom. The molecule has 0 spiro atoms. The summed E-state index contributed by atoms with van der Waals surface area (Å²) in [5.74, 6) is -0.208. The highest BCUT2D eigenvalue weighted by Gasteiger charge is 2.23. The Bertz CT molecular complexity index is 1520. The van der Waals surface area contributed by atoms with E-state index < -0.39 is 26.6 Å². The van der Waals surface area contributed by atoms with Crippen LogP contribution in [0.25, 0.3) is 0 Å². The van der Waals surface area contributed by atoms with Crippen molar-refractivity contribution in [3.8, 4) is 0 Å². The average molecular weight is 1050 g/mol. The molecule has 9 heteroatoms. The number of aliphatic hydroxyl groups excluding tert-OH is 1. The molecule has 8 nitrogen and oxygen atoms in total.